The quantitative estimate of drug-likeness (QED) is 0.401. The van der Waals surface area contributed by atoms with E-state index in [-0.39, 0.29) is 22.8 Å². The van der Waals surface area contributed by atoms with Crippen LogP contribution in [0.5, 0.6) is 5.75 Å². The number of hydrogen-bond donors (Lipinski definition) is 1. The van der Waals surface area contributed by atoms with Crippen LogP contribution in [0.1, 0.15) is 21.5 Å². The zero-order valence-corrected chi connectivity index (χ0v) is 16.6. The molecule has 0 aliphatic heterocycles. The molecule has 0 saturated carbocycles. The van der Waals surface area contributed by atoms with Crippen molar-refractivity contribution in [3.05, 3.63) is 104 Å². The molecule has 3 aromatic rings. The first-order valence-corrected chi connectivity index (χ1v) is 9.37. The van der Waals surface area contributed by atoms with E-state index in [1.54, 1.807) is 18.2 Å². The first-order chi connectivity index (χ1) is 14.0. The highest BCUT2D eigenvalue weighted by molar-refractivity contribution is 6.35. The van der Waals surface area contributed by atoms with E-state index in [1.807, 2.05) is 30.3 Å². The van der Waals surface area contributed by atoms with Gasteiger partial charge in [-0.15, -0.1) is 0 Å². The van der Waals surface area contributed by atoms with Gasteiger partial charge in [0.2, 0.25) is 0 Å². The summed E-state index contributed by atoms with van der Waals surface area (Å²) in [7, 11) is 0. The maximum absolute atomic E-state index is 12.5. The number of carbonyl (C=O) groups excluding carboxylic acids is 1. The van der Waals surface area contributed by atoms with Crippen LogP contribution < -0.4 is 10.1 Å². The van der Waals surface area contributed by atoms with Crippen LogP contribution in [0, 0.1) is 10.1 Å². The van der Waals surface area contributed by atoms with E-state index in [2.05, 4.69) is 5.32 Å². The number of hydrogen-bond acceptors (Lipinski definition) is 4. The summed E-state index contributed by atoms with van der Waals surface area (Å²) in [5, 5.41) is 14.0. The minimum Gasteiger partial charge on any atom is -0.489 e. The van der Waals surface area contributed by atoms with Crippen molar-refractivity contribution in [2.45, 2.75) is 13.2 Å². The molecule has 0 aromatic heterocycles. The molecular weight excluding hydrogens is 415 g/mol. The van der Waals surface area contributed by atoms with Gasteiger partial charge in [0.1, 0.15) is 17.4 Å². The molecule has 0 fully saturated rings. The lowest BCUT2D eigenvalue weighted by Gasteiger charge is -2.13. The van der Waals surface area contributed by atoms with Gasteiger partial charge in [-0.05, 0) is 29.8 Å². The van der Waals surface area contributed by atoms with Crippen LogP contribution in [-0.2, 0) is 13.2 Å². The summed E-state index contributed by atoms with van der Waals surface area (Å²) in [5.41, 5.74) is 1.37. The van der Waals surface area contributed by atoms with E-state index in [4.69, 9.17) is 27.9 Å². The molecule has 0 radical (unpaired) electrons. The van der Waals surface area contributed by atoms with E-state index in [1.165, 1.54) is 18.2 Å². The SMILES string of the molecule is O=C(NCc1cc(Cl)ccc1OCc1ccccc1)c1cccc([N+](=O)[O-])c1Cl. The van der Waals surface area contributed by atoms with E-state index in [9.17, 15) is 14.9 Å². The lowest BCUT2D eigenvalue weighted by molar-refractivity contribution is -0.384. The highest BCUT2D eigenvalue weighted by atomic mass is 35.5. The third-order valence-corrected chi connectivity index (χ3v) is 4.75. The summed E-state index contributed by atoms with van der Waals surface area (Å²) in [6.45, 7) is 0.475. The number of amides is 1. The lowest BCUT2D eigenvalue weighted by Crippen LogP contribution is -2.23. The van der Waals surface area contributed by atoms with Crippen LogP contribution in [0.3, 0.4) is 0 Å². The van der Waals surface area contributed by atoms with E-state index < -0.39 is 10.8 Å². The zero-order chi connectivity index (χ0) is 20.8. The third kappa shape index (κ3) is 5.25. The average Bonchev–Trinajstić information content (AvgIpc) is 2.72. The Labute approximate surface area is 177 Å². The van der Waals surface area contributed by atoms with Crippen LogP contribution in [-0.4, -0.2) is 10.8 Å². The molecule has 1 amide bonds. The normalized spacial score (nSPS) is 10.4. The highest BCUT2D eigenvalue weighted by Gasteiger charge is 2.20. The number of carbonyl (C=O) groups is 1. The van der Waals surface area contributed by atoms with Crippen LogP contribution in [0.25, 0.3) is 0 Å². The third-order valence-electron chi connectivity index (χ3n) is 4.12. The Morgan fingerprint density at radius 2 is 1.79 bits per heavy atom. The van der Waals surface area contributed by atoms with E-state index in [0.29, 0.717) is 22.9 Å². The molecule has 0 spiro atoms. The second kappa shape index (κ2) is 9.41. The van der Waals surface area contributed by atoms with Gasteiger partial charge < -0.3 is 10.1 Å². The minimum absolute atomic E-state index is 0.0228. The van der Waals surface area contributed by atoms with Crippen LogP contribution >= 0.6 is 23.2 Å². The van der Waals surface area contributed by atoms with Gasteiger partial charge in [0.25, 0.3) is 11.6 Å². The largest absolute Gasteiger partial charge is 0.489 e. The average molecular weight is 431 g/mol. The molecule has 0 aliphatic carbocycles. The van der Waals surface area contributed by atoms with Gasteiger partial charge in [-0.2, -0.15) is 0 Å². The number of halogens is 2. The molecule has 3 aromatic carbocycles. The maximum atomic E-state index is 12.5. The summed E-state index contributed by atoms with van der Waals surface area (Å²) in [6.07, 6.45) is 0. The van der Waals surface area contributed by atoms with Gasteiger partial charge in [-0.25, -0.2) is 0 Å². The fourth-order valence-corrected chi connectivity index (χ4v) is 3.14. The summed E-state index contributed by atoms with van der Waals surface area (Å²) >= 11 is 12.1. The number of ether oxygens (including phenoxy) is 1. The number of nitrogens with zero attached hydrogens (tertiary/aromatic N) is 1. The van der Waals surface area contributed by atoms with Gasteiger partial charge in [-0.3, -0.25) is 14.9 Å². The molecule has 29 heavy (non-hydrogen) atoms. The molecule has 0 aliphatic rings. The smallest absolute Gasteiger partial charge is 0.288 e. The van der Waals surface area contributed by atoms with Crippen molar-refractivity contribution < 1.29 is 14.5 Å². The summed E-state index contributed by atoms with van der Waals surface area (Å²) < 4.78 is 5.87. The van der Waals surface area contributed by atoms with Gasteiger partial charge in [0, 0.05) is 23.2 Å². The molecule has 0 saturated heterocycles. The van der Waals surface area contributed by atoms with Gasteiger partial charge in [-0.1, -0.05) is 59.6 Å². The van der Waals surface area contributed by atoms with Gasteiger partial charge in [0.15, 0.2) is 0 Å². The molecule has 8 heteroatoms. The molecule has 0 bridgehead atoms. The fraction of sp³-hybridized carbons (Fsp3) is 0.0952. The van der Waals surface area contributed by atoms with Crippen LogP contribution in [0.15, 0.2) is 66.7 Å². The van der Waals surface area contributed by atoms with Crippen LogP contribution in [0.4, 0.5) is 5.69 Å². The van der Waals surface area contributed by atoms with Crippen molar-refractivity contribution in [2.75, 3.05) is 0 Å². The zero-order valence-electron chi connectivity index (χ0n) is 15.1. The Morgan fingerprint density at radius 1 is 1.03 bits per heavy atom. The Balaban J connectivity index is 1.73. The standard InChI is InChI=1S/C21H16Cl2N2O4/c22-16-9-10-19(29-13-14-5-2-1-3-6-14)15(11-16)12-24-21(26)17-7-4-8-18(20(17)23)25(27)28/h1-11H,12-13H2,(H,24,26). The molecule has 0 unspecified atom stereocenters. The van der Waals surface area contributed by atoms with Crippen molar-refractivity contribution >= 4 is 34.8 Å². The van der Waals surface area contributed by atoms with Crippen molar-refractivity contribution in [1.82, 2.24) is 5.32 Å². The van der Waals surface area contributed by atoms with Crippen molar-refractivity contribution in [2.24, 2.45) is 0 Å². The fourth-order valence-electron chi connectivity index (χ4n) is 2.67. The van der Waals surface area contributed by atoms with Crippen LogP contribution in [0.2, 0.25) is 10.0 Å². The Kier molecular flexibility index (Phi) is 6.69. The molecule has 0 atom stereocenters. The Morgan fingerprint density at radius 3 is 2.52 bits per heavy atom. The number of nitro benzene ring substituents is 1. The molecule has 1 N–H and O–H groups in total. The first-order valence-electron chi connectivity index (χ1n) is 8.62. The van der Waals surface area contributed by atoms with E-state index in [0.717, 1.165) is 5.56 Å². The Bertz CT molecular complexity index is 1040. The minimum atomic E-state index is -0.633. The predicted molar refractivity (Wildman–Crippen MR) is 112 cm³/mol. The van der Waals surface area contributed by atoms with Crippen molar-refractivity contribution in [3.63, 3.8) is 0 Å². The summed E-state index contributed by atoms with van der Waals surface area (Å²) in [6, 6.07) is 18.9. The van der Waals surface area contributed by atoms with Crippen molar-refractivity contribution in [1.29, 1.82) is 0 Å². The summed E-state index contributed by atoms with van der Waals surface area (Å²) in [5.74, 6) is 0.0383. The number of nitro groups is 1. The van der Waals surface area contributed by atoms with Gasteiger partial charge in [0.05, 0.1) is 10.5 Å². The van der Waals surface area contributed by atoms with Gasteiger partial charge >= 0.3 is 0 Å². The maximum Gasteiger partial charge on any atom is 0.288 e. The second-order valence-electron chi connectivity index (χ2n) is 6.10. The lowest BCUT2D eigenvalue weighted by atomic mass is 10.1. The molecule has 148 valence electrons. The molecular formula is C21H16Cl2N2O4. The summed E-state index contributed by atoms with van der Waals surface area (Å²) in [4.78, 5) is 22.9. The molecule has 0 heterocycles. The highest BCUT2D eigenvalue weighted by Crippen LogP contribution is 2.28. The van der Waals surface area contributed by atoms with E-state index >= 15 is 0 Å². The Hall–Kier alpha value is -3.09. The molecule has 3 rings (SSSR count). The topological polar surface area (TPSA) is 81.5 Å². The number of rotatable bonds is 7. The first kappa shape index (κ1) is 20.6. The monoisotopic (exact) mass is 430 g/mol. The van der Waals surface area contributed by atoms with Crippen molar-refractivity contribution in [3.8, 4) is 5.75 Å². The molecule has 6 nitrogen and oxygen atoms in total. The predicted octanol–water partition coefficient (Wildman–Crippen LogP) is 5.41. The number of nitrogens with one attached hydrogen (secondary N) is 1. The second-order valence-corrected chi connectivity index (χ2v) is 6.92. The number of benzene rings is 3.